The molecular formula is C15H23ClO2. The molecule has 0 amide bonds. The van der Waals surface area contributed by atoms with Gasteiger partial charge in [-0.1, -0.05) is 43.2 Å². The Balaban J connectivity index is 1.98. The van der Waals surface area contributed by atoms with Gasteiger partial charge in [-0.05, 0) is 18.4 Å². The maximum absolute atomic E-state index is 6.34. The average molecular weight is 271 g/mol. The molecule has 3 heteroatoms. The number of hydrogen-bond donors (Lipinski definition) is 0. The third kappa shape index (κ3) is 7.00. The summed E-state index contributed by atoms with van der Waals surface area (Å²) >= 11 is 6.34. The largest absolute Gasteiger partial charge is 0.382 e. The summed E-state index contributed by atoms with van der Waals surface area (Å²) < 4.78 is 10.3. The normalized spacial score (nSPS) is 12.6. The van der Waals surface area contributed by atoms with E-state index in [1.165, 1.54) is 12.0 Å². The molecule has 1 atom stereocenters. The zero-order valence-electron chi connectivity index (χ0n) is 11.1. The molecule has 0 aliphatic heterocycles. The molecule has 0 radical (unpaired) electrons. The first kappa shape index (κ1) is 15.5. The van der Waals surface area contributed by atoms with E-state index >= 15 is 0 Å². The van der Waals surface area contributed by atoms with Crippen molar-refractivity contribution < 1.29 is 9.47 Å². The molecule has 102 valence electrons. The molecule has 0 heterocycles. The lowest BCUT2D eigenvalue weighted by atomic mass is 10.1. The van der Waals surface area contributed by atoms with Crippen LogP contribution in [0.4, 0.5) is 0 Å². The Bertz CT molecular complexity index is 290. The van der Waals surface area contributed by atoms with Crippen molar-refractivity contribution in [1.29, 1.82) is 0 Å². The van der Waals surface area contributed by atoms with E-state index in [2.05, 4.69) is 12.1 Å². The molecule has 18 heavy (non-hydrogen) atoms. The van der Waals surface area contributed by atoms with Crippen LogP contribution in [-0.2, 0) is 9.47 Å². The van der Waals surface area contributed by atoms with Gasteiger partial charge in [0.05, 0.1) is 18.6 Å². The molecule has 0 N–H and O–H groups in total. The Kier molecular flexibility index (Phi) is 8.92. The van der Waals surface area contributed by atoms with Crippen LogP contribution in [0.3, 0.4) is 0 Å². The van der Waals surface area contributed by atoms with E-state index in [0.29, 0.717) is 13.2 Å². The zero-order chi connectivity index (χ0) is 13.1. The van der Waals surface area contributed by atoms with Crippen LogP contribution in [0.2, 0.25) is 0 Å². The highest BCUT2D eigenvalue weighted by Gasteiger charge is 2.06. The van der Waals surface area contributed by atoms with Crippen molar-refractivity contribution in [2.45, 2.75) is 31.1 Å². The predicted molar refractivity (Wildman–Crippen MR) is 76.2 cm³/mol. The molecule has 0 aliphatic rings. The third-order valence-corrected chi connectivity index (χ3v) is 3.31. The van der Waals surface area contributed by atoms with Gasteiger partial charge in [0, 0.05) is 13.7 Å². The van der Waals surface area contributed by atoms with Crippen molar-refractivity contribution in [2.75, 3.05) is 26.9 Å². The molecule has 0 aromatic heterocycles. The van der Waals surface area contributed by atoms with Gasteiger partial charge in [-0.3, -0.25) is 0 Å². The summed E-state index contributed by atoms with van der Waals surface area (Å²) in [6, 6.07) is 10.3. The molecule has 1 rings (SSSR count). The summed E-state index contributed by atoms with van der Waals surface area (Å²) in [4.78, 5) is 0. The quantitative estimate of drug-likeness (QED) is 0.469. The smallest absolute Gasteiger partial charge is 0.0700 e. The summed E-state index contributed by atoms with van der Waals surface area (Å²) in [7, 11) is 1.69. The molecule has 1 unspecified atom stereocenters. The number of ether oxygens (including phenoxy) is 2. The number of benzene rings is 1. The number of unbranched alkanes of at least 4 members (excludes halogenated alkanes) is 2. The monoisotopic (exact) mass is 270 g/mol. The number of alkyl halides is 1. The van der Waals surface area contributed by atoms with Gasteiger partial charge in [-0.2, -0.15) is 0 Å². The van der Waals surface area contributed by atoms with Crippen molar-refractivity contribution in [3.05, 3.63) is 35.9 Å². The number of hydrogen-bond acceptors (Lipinski definition) is 2. The highest BCUT2D eigenvalue weighted by atomic mass is 35.5. The first-order valence-corrected chi connectivity index (χ1v) is 7.04. The molecule has 1 aromatic carbocycles. The highest BCUT2D eigenvalue weighted by Crippen LogP contribution is 2.25. The average Bonchev–Trinajstić information content (AvgIpc) is 2.42. The Morgan fingerprint density at radius 1 is 1.00 bits per heavy atom. The Labute approximate surface area is 115 Å². The topological polar surface area (TPSA) is 18.5 Å². The lowest BCUT2D eigenvalue weighted by Crippen LogP contribution is -2.02. The summed E-state index contributed by atoms with van der Waals surface area (Å²) in [6.45, 7) is 2.19. The third-order valence-electron chi connectivity index (χ3n) is 2.84. The van der Waals surface area contributed by atoms with Crippen molar-refractivity contribution in [2.24, 2.45) is 0 Å². The summed E-state index contributed by atoms with van der Waals surface area (Å²) in [6.07, 6.45) is 4.45. The maximum atomic E-state index is 6.34. The standard InChI is InChI=1S/C15H23ClO2/c1-17-12-13-18-11-7-3-6-10-15(16)14-8-4-2-5-9-14/h2,4-5,8-9,15H,3,6-7,10-13H2,1H3. The van der Waals surface area contributed by atoms with Gasteiger partial charge in [-0.25, -0.2) is 0 Å². The minimum atomic E-state index is 0.139. The SMILES string of the molecule is COCCOCCCCCC(Cl)c1ccccc1. The van der Waals surface area contributed by atoms with E-state index in [0.717, 1.165) is 25.9 Å². The van der Waals surface area contributed by atoms with Crippen molar-refractivity contribution in [3.63, 3.8) is 0 Å². The highest BCUT2D eigenvalue weighted by molar-refractivity contribution is 6.20. The molecule has 0 fully saturated rings. The van der Waals surface area contributed by atoms with E-state index in [1.54, 1.807) is 7.11 Å². The van der Waals surface area contributed by atoms with E-state index in [1.807, 2.05) is 18.2 Å². The van der Waals surface area contributed by atoms with Crippen LogP contribution in [0.5, 0.6) is 0 Å². The minimum absolute atomic E-state index is 0.139. The first-order chi connectivity index (χ1) is 8.84. The van der Waals surface area contributed by atoms with Crippen LogP contribution in [0.1, 0.15) is 36.6 Å². The van der Waals surface area contributed by atoms with Crippen LogP contribution in [0.15, 0.2) is 30.3 Å². The van der Waals surface area contributed by atoms with Gasteiger partial charge in [0.25, 0.3) is 0 Å². The van der Waals surface area contributed by atoms with E-state index < -0.39 is 0 Å². The molecule has 0 spiro atoms. The Morgan fingerprint density at radius 2 is 1.78 bits per heavy atom. The fourth-order valence-electron chi connectivity index (χ4n) is 1.78. The van der Waals surface area contributed by atoms with Gasteiger partial charge in [0.2, 0.25) is 0 Å². The Morgan fingerprint density at radius 3 is 2.50 bits per heavy atom. The Hall–Kier alpha value is -0.570. The molecule has 0 saturated carbocycles. The summed E-state index contributed by atoms with van der Waals surface area (Å²) in [5.41, 5.74) is 1.22. The molecule has 0 saturated heterocycles. The molecule has 0 aliphatic carbocycles. The lowest BCUT2D eigenvalue weighted by molar-refractivity contribution is 0.0686. The van der Waals surface area contributed by atoms with Gasteiger partial charge in [-0.15, -0.1) is 11.6 Å². The van der Waals surface area contributed by atoms with Crippen LogP contribution >= 0.6 is 11.6 Å². The van der Waals surface area contributed by atoms with Gasteiger partial charge in [0.15, 0.2) is 0 Å². The first-order valence-electron chi connectivity index (χ1n) is 6.60. The summed E-state index contributed by atoms with van der Waals surface area (Å²) in [5, 5.41) is 0.139. The second kappa shape index (κ2) is 10.4. The molecule has 0 bridgehead atoms. The minimum Gasteiger partial charge on any atom is -0.382 e. The fraction of sp³-hybridized carbons (Fsp3) is 0.600. The van der Waals surface area contributed by atoms with Crippen molar-refractivity contribution >= 4 is 11.6 Å². The maximum Gasteiger partial charge on any atom is 0.0700 e. The van der Waals surface area contributed by atoms with Crippen molar-refractivity contribution in [3.8, 4) is 0 Å². The van der Waals surface area contributed by atoms with Crippen LogP contribution in [0.25, 0.3) is 0 Å². The predicted octanol–water partition coefficient (Wildman–Crippen LogP) is 4.19. The lowest BCUT2D eigenvalue weighted by Gasteiger charge is -2.09. The van der Waals surface area contributed by atoms with Gasteiger partial charge < -0.3 is 9.47 Å². The van der Waals surface area contributed by atoms with Crippen molar-refractivity contribution in [1.82, 2.24) is 0 Å². The fourth-order valence-corrected chi connectivity index (χ4v) is 2.08. The second-order valence-corrected chi connectivity index (χ2v) is 4.86. The van der Waals surface area contributed by atoms with E-state index in [4.69, 9.17) is 21.1 Å². The van der Waals surface area contributed by atoms with Crippen LogP contribution in [-0.4, -0.2) is 26.9 Å². The molecule has 1 aromatic rings. The number of methoxy groups -OCH3 is 1. The number of halogens is 1. The zero-order valence-corrected chi connectivity index (χ0v) is 11.9. The van der Waals surface area contributed by atoms with Crippen LogP contribution in [0, 0.1) is 0 Å². The van der Waals surface area contributed by atoms with Gasteiger partial charge in [0.1, 0.15) is 0 Å². The second-order valence-electron chi connectivity index (χ2n) is 4.33. The van der Waals surface area contributed by atoms with Gasteiger partial charge >= 0.3 is 0 Å². The van der Waals surface area contributed by atoms with E-state index in [9.17, 15) is 0 Å². The molecule has 2 nitrogen and oxygen atoms in total. The van der Waals surface area contributed by atoms with E-state index in [-0.39, 0.29) is 5.38 Å². The number of rotatable bonds is 10. The summed E-state index contributed by atoms with van der Waals surface area (Å²) in [5.74, 6) is 0. The molecular weight excluding hydrogens is 248 g/mol. The van der Waals surface area contributed by atoms with Crippen LogP contribution < -0.4 is 0 Å².